The van der Waals surface area contributed by atoms with Gasteiger partial charge in [0, 0.05) is 25.9 Å². The molecule has 1 aromatic carbocycles. The smallest absolute Gasteiger partial charge is 0.376 e. The van der Waals surface area contributed by atoms with Gasteiger partial charge in [-0.3, -0.25) is 0 Å². The van der Waals surface area contributed by atoms with Crippen LogP contribution in [0.25, 0.3) is 0 Å². The number of carbonyl (C=O) groups is 1. The Morgan fingerprint density at radius 1 is 1.32 bits per heavy atom. The Morgan fingerprint density at radius 3 is 2.55 bits per heavy atom. The third-order valence-corrected chi connectivity index (χ3v) is 3.56. The van der Waals surface area contributed by atoms with Crippen LogP contribution in [0.4, 0.5) is 23.7 Å². The average Bonchev–Trinajstić information content (AvgIpc) is 2.48. The molecule has 0 aliphatic carbocycles. The number of hydrogen-bond acceptors (Lipinski definition) is 2. The van der Waals surface area contributed by atoms with E-state index >= 15 is 0 Å². The number of amides is 2. The number of likely N-dealkylation sites (N-methyl/N-ethyl adjacent to an activating group) is 1. The summed E-state index contributed by atoms with van der Waals surface area (Å²) in [5, 5.41) is 2.57. The van der Waals surface area contributed by atoms with Gasteiger partial charge in [0.05, 0.1) is 11.7 Å². The summed E-state index contributed by atoms with van der Waals surface area (Å²) in [5.74, 6) is 0. The molecule has 2 amide bonds. The lowest BCUT2D eigenvalue weighted by atomic mass is 10.1. The van der Waals surface area contributed by atoms with E-state index in [4.69, 9.17) is 4.74 Å². The van der Waals surface area contributed by atoms with Gasteiger partial charge in [0.2, 0.25) is 0 Å². The fourth-order valence-electron chi connectivity index (χ4n) is 2.30. The van der Waals surface area contributed by atoms with Crippen molar-refractivity contribution in [2.24, 2.45) is 0 Å². The Morgan fingerprint density at radius 2 is 2.00 bits per heavy atom. The van der Waals surface area contributed by atoms with Crippen LogP contribution in [0.15, 0.2) is 24.3 Å². The number of rotatable bonds is 3. The SMILES string of the molecule is CN(C[C@H]1CCCCO1)C(=O)Nc1ccc(C(F)(F)F)cc1. The zero-order chi connectivity index (χ0) is 16.2. The number of nitrogens with one attached hydrogen (secondary N) is 1. The highest BCUT2D eigenvalue weighted by atomic mass is 19.4. The van der Waals surface area contributed by atoms with E-state index in [1.807, 2.05) is 0 Å². The van der Waals surface area contributed by atoms with E-state index in [2.05, 4.69) is 5.32 Å². The van der Waals surface area contributed by atoms with Gasteiger partial charge in [0.1, 0.15) is 0 Å². The molecule has 22 heavy (non-hydrogen) atoms. The number of nitrogens with zero attached hydrogens (tertiary/aromatic N) is 1. The fourth-order valence-corrected chi connectivity index (χ4v) is 2.30. The number of ether oxygens (including phenoxy) is 1. The van der Waals surface area contributed by atoms with Crippen molar-refractivity contribution in [3.63, 3.8) is 0 Å². The van der Waals surface area contributed by atoms with Gasteiger partial charge in [-0.1, -0.05) is 0 Å². The Hall–Kier alpha value is -1.76. The van der Waals surface area contributed by atoms with Crippen molar-refractivity contribution in [1.82, 2.24) is 4.90 Å². The van der Waals surface area contributed by atoms with Crippen molar-refractivity contribution in [2.45, 2.75) is 31.5 Å². The first-order valence-corrected chi connectivity index (χ1v) is 7.17. The molecule has 1 fully saturated rings. The van der Waals surface area contributed by atoms with Gasteiger partial charge < -0.3 is 15.0 Å². The van der Waals surface area contributed by atoms with Crippen molar-refractivity contribution in [1.29, 1.82) is 0 Å². The van der Waals surface area contributed by atoms with E-state index in [0.717, 1.165) is 31.4 Å². The second-order valence-electron chi connectivity index (χ2n) is 5.37. The Labute approximate surface area is 127 Å². The van der Waals surface area contributed by atoms with Gasteiger partial charge in [0.15, 0.2) is 0 Å². The molecular weight excluding hydrogens is 297 g/mol. The second kappa shape index (κ2) is 7.00. The Balaban J connectivity index is 1.87. The van der Waals surface area contributed by atoms with E-state index in [1.165, 1.54) is 17.0 Å². The lowest BCUT2D eigenvalue weighted by Crippen LogP contribution is -2.39. The van der Waals surface area contributed by atoms with Crippen LogP contribution in [-0.4, -0.2) is 37.2 Å². The Kier molecular flexibility index (Phi) is 5.28. The van der Waals surface area contributed by atoms with Gasteiger partial charge in [-0.15, -0.1) is 0 Å². The number of hydrogen-bond donors (Lipinski definition) is 1. The summed E-state index contributed by atoms with van der Waals surface area (Å²) in [6.07, 6.45) is -1.32. The fraction of sp³-hybridized carbons (Fsp3) is 0.533. The predicted molar refractivity (Wildman–Crippen MR) is 76.7 cm³/mol. The van der Waals surface area contributed by atoms with Crippen LogP contribution in [0.3, 0.4) is 0 Å². The van der Waals surface area contributed by atoms with E-state index in [9.17, 15) is 18.0 Å². The molecule has 0 unspecified atom stereocenters. The van der Waals surface area contributed by atoms with Gasteiger partial charge in [-0.25, -0.2) is 4.79 Å². The van der Waals surface area contributed by atoms with E-state index < -0.39 is 11.7 Å². The molecule has 0 aromatic heterocycles. The summed E-state index contributed by atoms with van der Waals surface area (Å²) < 4.78 is 42.9. The molecule has 1 heterocycles. The molecule has 1 aromatic rings. The minimum absolute atomic E-state index is 0.0251. The molecule has 0 bridgehead atoms. The van der Waals surface area contributed by atoms with E-state index in [1.54, 1.807) is 7.05 Å². The molecule has 7 heteroatoms. The lowest BCUT2D eigenvalue weighted by molar-refractivity contribution is -0.137. The van der Waals surface area contributed by atoms with Crippen LogP contribution >= 0.6 is 0 Å². The maximum atomic E-state index is 12.5. The zero-order valence-corrected chi connectivity index (χ0v) is 12.3. The number of urea groups is 1. The summed E-state index contributed by atoms with van der Waals surface area (Å²) in [5.41, 5.74) is -0.413. The second-order valence-corrected chi connectivity index (χ2v) is 5.37. The summed E-state index contributed by atoms with van der Waals surface area (Å²) in [4.78, 5) is 13.5. The highest BCUT2D eigenvalue weighted by molar-refractivity contribution is 5.89. The quantitative estimate of drug-likeness (QED) is 0.923. The van der Waals surface area contributed by atoms with E-state index in [0.29, 0.717) is 18.8 Å². The number of anilines is 1. The third-order valence-electron chi connectivity index (χ3n) is 3.56. The number of halogens is 3. The summed E-state index contributed by atoms with van der Waals surface area (Å²) >= 11 is 0. The molecule has 4 nitrogen and oxygen atoms in total. The highest BCUT2D eigenvalue weighted by Gasteiger charge is 2.30. The molecular formula is C15H19F3N2O2. The largest absolute Gasteiger partial charge is 0.416 e. The monoisotopic (exact) mass is 316 g/mol. The maximum absolute atomic E-state index is 12.5. The summed E-state index contributed by atoms with van der Waals surface area (Å²) in [7, 11) is 1.64. The van der Waals surface area contributed by atoms with Crippen LogP contribution in [0.1, 0.15) is 24.8 Å². The molecule has 1 N–H and O–H groups in total. The van der Waals surface area contributed by atoms with Crippen LogP contribution in [0, 0.1) is 0 Å². The normalized spacial score (nSPS) is 18.8. The third kappa shape index (κ3) is 4.62. The molecule has 1 atom stereocenters. The van der Waals surface area contributed by atoms with Crippen molar-refractivity contribution >= 4 is 11.7 Å². The molecule has 1 aliphatic heterocycles. The van der Waals surface area contributed by atoms with Gasteiger partial charge in [-0.2, -0.15) is 13.2 Å². The summed E-state index contributed by atoms with van der Waals surface area (Å²) in [6, 6.07) is 4.01. The van der Waals surface area contributed by atoms with Gasteiger partial charge in [0.25, 0.3) is 0 Å². The number of carbonyl (C=O) groups excluding carboxylic acids is 1. The zero-order valence-electron chi connectivity index (χ0n) is 12.3. The van der Waals surface area contributed by atoms with Gasteiger partial charge in [-0.05, 0) is 43.5 Å². The lowest BCUT2D eigenvalue weighted by Gasteiger charge is -2.27. The maximum Gasteiger partial charge on any atom is 0.416 e. The first-order valence-electron chi connectivity index (χ1n) is 7.17. The minimum atomic E-state index is -4.38. The number of benzene rings is 1. The molecule has 0 radical (unpaired) electrons. The Bertz CT molecular complexity index is 497. The van der Waals surface area contributed by atoms with Crippen LogP contribution < -0.4 is 5.32 Å². The predicted octanol–water partition coefficient (Wildman–Crippen LogP) is 3.74. The van der Waals surface area contributed by atoms with Crippen LogP contribution in [-0.2, 0) is 10.9 Å². The van der Waals surface area contributed by atoms with Crippen molar-refractivity contribution in [3.05, 3.63) is 29.8 Å². The first kappa shape index (κ1) is 16.6. The van der Waals surface area contributed by atoms with Gasteiger partial charge >= 0.3 is 12.2 Å². The van der Waals surface area contributed by atoms with Crippen molar-refractivity contribution in [3.8, 4) is 0 Å². The molecule has 2 rings (SSSR count). The van der Waals surface area contributed by atoms with Crippen molar-refractivity contribution in [2.75, 3.05) is 25.5 Å². The molecule has 0 saturated carbocycles. The topological polar surface area (TPSA) is 41.6 Å². The van der Waals surface area contributed by atoms with Crippen LogP contribution in [0.5, 0.6) is 0 Å². The van der Waals surface area contributed by atoms with E-state index in [-0.39, 0.29) is 12.1 Å². The number of alkyl halides is 3. The van der Waals surface area contributed by atoms with Crippen LogP contribution in [0.2, 0.25) is 0 Å². The summed E-state index contributed by atoms with van der Waals surface area (Å²) in [6.45, 7) is 1.17. The minimum Gasteiger partial charge on any atom is -0.376 e. The molecule has 1 saturated heterocycles. The molecule has 122 valence electrons. The first-order chi connectivity index (χ1) is 10.4. The van der Waals surface area contributed by atoms with Crippen molar-refractivity contribution < 1.29 is 22.7 Å². The standard InChI is InChI=1S/C15H19F3N2O2/c1-20(10-13-4-2-3-9-22-13)14(21)19-12-7-5-11(6-8-12)15(16,17)18/h5-8,13H,2-4,9-10H2,1H3,(H,19,21)/t13-/m1/s1. The molecule has 0 spiro atoms. The average molecular weight is 316 g/mol. The highest BCUT2D eigenvalue weighted by Crippen LogP contribution is 2.29. The molecule has 1 aliphatic rings.